The van der Waals surface area contributed by atoms with Gasteiger partial charge < -0.3 is 14.9 Å². The van der Waals surface area contributed by atoms with E-state index < -0.39 is 5.97 Å². The van der Waals surface area contributed by atoms with Crippen LogP contribution in [0.15, 0.2) is 48.5 Å². The number of aliphatic carboxylic acids is 1. The Morgan fingerprint density at radius 3 is 2.31 bits per heavy atom. The first kappa shape index (κ1) is 19.0. The van der Waals surface area contributed by atoms with Gasteiger partial charge in [0.15, 0.2) is 0 Å². The Labute approximate surface area is 169 Å². The second-order valence-corrected chi connectivity index (χ2v) is 7.40. The van der Waals surface area contributed by atoms with Crippen LogP contribution >= 0.6 is 0 Å². The van der Waals surface area contributed by atoms with Gasteiger partial charge in [0.25, 0.3) is 5.91 Å². The lowest BCUT2D eigenvalue weighted by Crippen LogP contribution is -2.41. The number of hydrogen-bond donors (Lipinski definition) is 1. The van der Waals surface area contributed by atoms with Gasteiger partial charge >= 0.3 is 5.97 Å². The Hall–Kier alpha value is -3.35. The van der Waals surface area contributed by atoms with Crippen LogP contribution in [-0.2, 0) is 16.1 Å². The van der Waals surface area contributed by atoms with E-state index in [2.05, 4.69) is 4.90 Å². The van der Waals surface area contributed by atoms with Gasteiger partial charge in [-0.05, 0) is 48.7 Å². The molecule has 2 aliphatic rings. The molecule has 1 N–H and O–H groups in total. The molecule has 1 fully saturated rings. The van der Waals surface area contributed by atoms with Gasteiger partial charge in [0.05, 0.1) is 0 Å². The Balaban J connectivity index is 1.62. The Bertz CT molecular complexity index is 935. The van der Waals surface area contributed by atoms with Crippen LogP contribution in [0.5, 0.6) is 0 Å². The lowest BCUT2D eigenvalue weighted by atomic mass is 10.1. The molecule has 0 aliphatic carbocycles. The molecule has 2 aromatic rings. The van der Waals surface area contributed by atoms with Gasteiger partial charge in [0.2, 0.25) is 5.91 Å². The quantitative estimate of drug-likeness (QED) is 0.863. The maximum absolute atomic E-state index is 13.2. The zero-order chi connectivity index (χ0) is 20.4. The van der Waals surface area contributed by atoms with Crippen LogP contribution in [0.4, 0.5) is 11.4 Å². The van der Waals surface area contributed by atoms with Gasteiger partial charge in [-0.3, -0.25) is 19.3 Å². The third kappa shape index (κ3) is 3.94. The molecule has 7 nitrogen and oxygen atoms in total. The summed E-state index contributed by atoms with van der Waals surface area (Å²) in [6.07, 6.45) is 2.36. The molecule has 2 aromatic carbocycles. The highest BCUT2D eigenvalue weighted by molar-refractivity contribution is 6.09. The number of benzene rings is 2. The zero-order valence-electron chi connectivity index (χ0n) is 16.1. The van der Waals surface area contributed by atoms with Gasteiger partial charge in [0.1, 0.15) is 13.1 Å². The molecule has 0 aromatic heterocycles. The Kier molecular flexibility index (Phi) is 5.20. The second kappa shape index (κ2) is 7.95. The number of carboxylic acids is 1. The number of carboxylic acid groups (broad SMARTS) is 1. The summed E-state index contributed by atoms with van der Waals surface area (Å²) in [7, 11) is 0. The summed E-state index contributed by atoms with van der Waals surface area (Å²) in [5.74, 6) is -1.73. The van der Waals surface area contributed by atoms with E-state index in [1.807, 2.05) is 30.3 Å². The van der Waals surface area contributed by atoms with Gasteiger partial charge in [0, 0.05) is 36.6 Å². The van der Waals surface area contributed by atoms with Crippen molar-refractivity contribution >= 4 is 29.2 Å². The maximum atomic E-state index is 13.2. The van der Waals surface area contributed by atoms with Crippen molar-refractivity contribution in [3.05, 3.63) is 59.7 Å². The molecule has 0 saturated carbocycles. The summed E-state index contributed by atoms with van der Waals surface area (Å²) in [5.41, 5.74) is 2.99. The summed E-state index contributed by atoms with van der Waals surface area (Å²) in [6, 6.07) is 14.7. The fraction of sp³-hybridized carbons (Fsp3) is 0.318. The van der Waals surface area contributed by atoms with Crippen LogP contribution < -0.4 is 9.80 Å². The minimum atomic E-state index is -1.08. The molecule has 4 rings (SSSR count). The summed E-state index contributed by atoms with van der Waals surface area (Å²) >= 11 is 0. The number of rotatable bonds is 4. The van der Waals surface area contributed by atoms with Gasteiger partial charge in [-0.1, -0.05) is 18.2 Å². The van der Waals surface area contributed by atoms with Crippen LogP contribution in [0.2, 0.25) is 0 Å². The number of nitrogens with zero attached hydrogens (tertiary/aromatic N) is 3. The number of amides is 2. The highest BCUT2D eigenvalue weighted by atomic mass is 16.4. The molecule has 0 bridgehead atoms. The number of carbonyl (C=O) groups is 3. The predicted octanol–water partition coefficient (Wildman–Crippen LogP) is 2.36. The Morgan fingerprint density at radius 1 is 0.931 bits per heavy atom. The van der Waals surface area contributed by atoms with E-state index in [-0.39, 0.29) is 31.4 Å². The first-order valence-corrected chi connectivity index (χ1v) is 9.77. The number of anilines is 2. The summed E-state index contributed by atoms with van der Waals surface area (Å²) in [6.45, 7) is 1.65. The van der Waals surface area contributed by atoms with Crippen molar-refractivity contribution in [3.8, 4) is 0 Å². The highest BCUT2D eigenvalue weighted by Crippen LogP contribution is 2.28. The van der Waals surface area contributed by atoms with Gasteiger partial charge in [-0.2, -0.15) is 0 Å². The molecule has 2 aliphatic heterocycles. The monoisotopic (exact) mass is 393 g/mol. The molecule has 1 saturated heterocycles. The molecule has 0 spiro atoms. The third-order valence-electron chi connectivity index (χ3n) is 5.45. The molecule has 2 heterocycles. The molecule has 7 heteroatoms. The topological polar surface area (TPSA) is 81.2 Å². The van der Waals surface area contributed by atoms with E-state index in [4.69, 9.17) is 5.11 Å². The highest BCUT2D eigenvalue weighted by Gasteiger charge is 2.30. The third-order valence-corrected chi connectivity index (χ3v) is 5.45. The fourth-order valence-corrected chi connectivity index (χ4v) is 3.96. The van der Waals surface area contributed by atoms with E-state index in [1.54, 1.807) is 18.2 Å². The van der Waals surface area contributed by atoms with Crippen LogP contribution in [0, 0.1) is 0 Å². The summed E-state index contributed by atoms with van der Waals surface area (Å²) < 4.78 is 0. The number of hydrogen-bond acceptors (Lipinski definition) is 4. The minimum absolute atomic E-state index is 0.166. The van der Waals surface area contributed by atoms with Crippen molar-refractivity contribution in [2.75, 3.05) is 36.0 Å². The first-order valence-electron chi connectivity index (χ1n) is 9.77. The molecule has 0 unspecified atom stereocenters. The molecule has 29 heavy (non-hydrogen) atoms. The molecule has 150 valence electrons. The van der Waals surface area contributed by atoms with E-state index in [0.29, 0.717) is 11.3 Å². The average molecular weight is 393 g/mol. The van der Waals surface area contributed by atoms with Crippen molar-refractivity contribution < 1.29 is 19.5 Å². The molecule has 0 radical (unpaired) electrons. The van der Waals surface area contributed by atoms with Gasteiger partial charge in [-0.25, -0.2) is 0 Å². The standard InChI is InChI=1S/C22H23N3O4/c26-20-14-25(19-6-2-1-5-17(19)13-24(20)15-21(27)28)22(29)16-7-9-18(10-8-16)23-11-3-4-12-23/h1-2,5-10H,3-4,11-15H2,(H,27,28). The molecule has 0 atom stereocenters. The van der Waals surface area contributed by atoms with Crippen LogP contribution in [0.3, 0.4) is 0 Å². The van der Waals surface area contributed by atoms with Crippen LogP contribution in [0.1, 0.15) is 28.8 Å². The van der Waals surface area contributed by atoms with Crippen LogP contribution in [0.25, 0.3) is 0 Å². The van der Waals surface area contributed by atoms with Crippen molar-refractivity contribution in [2.24, 2.45) is 0 Å². The van der Waals surface area contributed by atoms with Crippen molar-refractivity contribution in [1.82, 2.24) is 4.90 Å². The largest absolute Gasteiger partial charge is 0.480 e. The normalized spacial score (nSPS) is 16.6. The minimum Gasteiger partial charge on any atom is -0.480 e. The maximum Gasteiger partial charge on any atom is 0.323 e. The second-order valence-electron chi connectivity index (χ2n) is 7.40. The zero-order valence-corrected chi connectivity index (χ0v) is 16.1. The molecular weight excluding hydrogens is 370 g/mol. The molecule has 2 amide bonds. The SMILES string of the molecule is O=C(O)CN1Cc2ccccc2N(C(=O)c2ccc(N3CCCC3)cc2)CC1=O. The average Bonchev–Trinajstić information content (AvgIpc) is 3.22. The van der Waals surface area contributed by atoms with E-state index in [0.717, 1.165) is 24.3 Å². The van der Waals surface area contributed by atoms with Crippen LogP contribution in [-0.4, -0.2) is 54.0 Å². The first-order chi connectivity index (χ1) is 14.0. The van der Waals surface area contributed by atoms with Crippen molar-refractivity contribution in [3.63, 3.8) is 0 Å². The van der Waals surface area contributed by atoms with E-state index >= 15 is 0 Å². The lowest BCUT2D eigenvalue weighted by Gasteiger charge is -2.23. The van der Waals surface area contributed by atoms with Crippen molar-refractivity contribution in [1.29, 1.82) is 0 Å². The number of para-hydroxylation sites is 1. The number of fused-ring (bicyclic) bond motifs is 1. The smallest absolute Gasteiger partial charge is 0.323 e. The molecular formula is C22H23N3O4. The summed E-state index contributed by atoms with van der Waals surface area (Å²) in [5, 5.41) is 9.11. The van der Waals surface area contributed by atoms with E-state index in [1.165, 1.54) is 22.6 Å². The lowest BCUT2D eigenvalue weighted by molar-refractivity contribution is -0.144. The fourth-order valence-electron chi connectivity index (χ4n) is 3.96. The van der Waals surface area contributed by atoms with Gasteiger partial charge in [-0.15, -0.1) is 0 Å². The summed E-state index contributed by atoms with van der Waals surface area (Å²) in [4.78, 5) is 42.1. The number of carbonyl (C=O) groups excluding carboxylic acids is 2. The van der Waals surface area contributed by atoms with Crippen molar-refractivity contribution in [2.45, 2.75) is 19.4 Å². The Morgan fingerprint density at radius 2 is 1.62 bits per heavy atom. The van der Waals surface area contributed by atoms with E-state index in [9.17, 15) is 14.4 Å². The predicted molar refractivity (Wildman–Crippen MR) is 109 cm³/mol.